The first kappa shape index (κ1) is 7.92. The molecule has 1 aromatic carbocycles. The minimum Gasteiger partial charge on any atom is -0.0806 e. The highest BCUT2D eigenvalue weighted by Gasteiger charge is 2.47. The van der Waals surface area contributed by atoms with Gasteiger partial charge in [0.05, 0.1) is 0 Å². The van der Waals surface area contributed by atoms with E-state index in [1.54, 1.807) is 16.7 Å². The van der Waals surface area contributed by atoms with Crippen LogP contribution in [0, 0.1) is 11.8 Å². The number of allylic oxidation sites excluding steroid dienone is 4. The summed E-state index contributed by atoms with van der Waals surface area (Å²) in [5, 5.41) is 0. The number of hydrogen-bond donors (Lipinski definition) is 0. The first-order valence-corrected chi connectivity index (χ1v) is 5.82. The van der Waals surface area contributed by atoms with Crippen LogP contribution in [0.15, 0.2) is 48.1 Å². The Kier molecular flexibility index (Phi) is 1.29. The van der Waals surface area contributed by atoms with Crippen molar-refractivity contribution in [3.05, 3.63) is 59.2 Å². The molecule has 0 heteroatoms. The maximum Gasteiger partial charge on any atom is 0.00925 e. The maximum atomic E-state index is 2.47. The lowest BCUT2D eigenvalue weighted by Gasteiger charge is -2.51. The fourth-order valence-corrected chi connectivity index (χ4v) is 3.77. The van der Waals surface area contributed by atoms with Gasteiger partial charge in [-0.3, -0.25) is 0 Å². The van der Waals surface area contributed by atoms with Gasteiger partial charge in [0.2, 0.25) is 0 Å². The Hall–Kier alpha value is -1.30. The van der Waals surface area contributed by atoms with Gasteiger partial charge in [-0.2, -0.15) is 0 Å². The van der Waals surface area contributed by atoms with Gasteiger partial charge in [-0.15, -0.1) is 0 Å². The van der Waals surface area contributed by atoms with Crippen LogP contribution in [0.1, 0.15) is 29.9 Å². The second-order valence-electron chi connectivity index (χ2n) is 5.08. The van der Waals surface area contributed by atoms with E-state index in [1.165, 1.54) is 0 Å². The lowest BCUT2D eigenvalue weighted by atomic mass is 9.53. The SMILES string of the molecule is CC1=C[C@@H]2[C@@H]1[C@@H]1C=C[C@@H]2c2ccccc21. The van der Waals surface area contributed by atoms with Crippen LogP contribution in [-0.2, 0) is 0 Å². The third-order valence-electron chi connectivity index (χ3n) is 4.44. The normalized spacial score (nSPS) is 39.1. The molecule has 0 saturated carbocycles. The van der Waals surface area contributed by atoms with Crippen molar-refractivity contribution >= 4 is 0 Å². The summed E-state index contributed by atoms with van der Waals surface area (Å²) in [6.07, 6.45) is 7.34. The largest absolute Gasteiger partial charge is 0.0806 e. The molecule has 15 heavy (non-hydrogen) atoms. The highest BCUT2D eigenvalue weighted by molar-refractivity contribution is 5.51. The summed E-state index contributed by atoms with van der Waals surface area (Å²) < 4.78 is 0. The van der Waals surface area contributed by atoms with Crippen LogP contribution in [-0.4, -0.2) is 0 Å². The van der Waals surface area contributed by atoms with Crippen molar-refractivity contribution in [2.24, 2.45) is 11.8 Å². The molecule has 0 radical (unpaired) electrons. The quantitative estimate of drug-likeness (QED) is 0.553. The van der Waals surface area contributed by atoms with Crippen LogP contribution in [0.4, 0.5) is 0 Å². The number of hydrogen-bond acceptors (Lipinski definition) is 0. The summed E-state index contributed by atoms with van der Waals surface area (Å²) in [5.74, 6) is 2.95. The summed E-state index contributed by atoms with van der Waals surface area (Å²) in [6, 6.07) is 8.99. The molecule has 0 N–H and O–H groups in total. The van der Waals surface area contributed by atoms with Crippen molar-refractivity contribution < 1.29 is 0 Å². The van der Waals surface area contributed by atoms with Crippen LogP contribution < -0.4 is 0 Å². The molecule has 2 bridgehead atoms. The molecule has 4 aliphatic rings. The Morgan fingerprint density at radius 3 is 2.33 bits per heavy atom. The molecule has 5 rings (SSSR count). The molecule has 0 saturated heterocycles. The van der Waals surface area contributed by atoms with Gasteiger partial charge in [-0.05, 0) is 29.9 Å². The molecular formula is C15H14. The molecule has 4 aliphatic carbocycles. The fourth-order valence-electron chi connectivity index (χ4n) is 3.77. The van der Waals surface area contributed by atoms with Crippen LogP contribution >= 0.6 is 0 Å². The second-order valence-corrected chi connectivity index (χ2v) is 5.08. The first-order chi connectivity index (χ1) is 7.36. The van der Waals surface area contributed by atoms with Gasteiger partial charge in [-0.1, -0.05) is 48.1 Å². The maximum absolute atomic E-state index is 2.47. The summed E-state index contributed by atoms with van der Waals surface area (Å²) in [7, 11) is 0. The van der Waals surface area contributed by atoms with Gasteiger partial charge in [0.25, 0.3) is 0 Å². The van der Waals surface area contributed by atoms with E-state index < -0.39 is 0 Å². The van der Waals surface area contributed by atoms with Gasteiger partial charge >= 0.3 is 0 Å². The minimum absolute atomic E-state index is 0.667. The molecule has 0 spiro atoms. The van der Waals surface area contributed by atoms with Crippen molar-refractivity contribution in [3.63, 3.8) is 0 Å². The monoisotopic (exact) mass is 194 g/mol. The smallest absolute Gasteiger partial charge is 0.00925 e. The number of benzene rings is 1. The molecule has 0 nitrogen and oxygen atoms in total. The third-order valence-corrected chi connectivity index (χ3v) is 4.44. The Balaban J connectivity index is 1.96. The van der Waals surface area contributed by atoms with E-state index >= 15 is 0 Å². The summed E-state index contributed by atoms with van der Waals surface area (Å²) in [5.41, 5.74) is 4.77. The summed E-state index contributed by atoms with van der Waals surface area (Å²) in [4.78, 5) is 0. The predicted octanol–water partition coefficient (Wildman–Crippen LogP) is 3.63. The molecule has 0 aromatic heterocycles. The molecular weight excluding hydrogens is 180 g/mol. The Bertz CT molecular complexity index is 493. The van der Waals surface area contributed by atoms with E-state index in [4.69, 9.17) is 0 Å². The van der Waals surface area contributed by atoms with Gasteiger partial charge in [0.15, 0.2) is 0 Å². The lowest BCUT2D eigenvalue weighted by Crippen LogP contribution is -2.40. The molecule has 0 amide bonds. The zero-order chi connectivity index (χ0) is 9.99. The Morgan fingerprint density at radius 1 is 0.933 bits per heavy atom. The molecule has 74 valence electrons. The van der Waals surface area contributed by atoms with E-state index in [0.717, 1.165) is 11.8 Å². The van der Waals surface area contributed by atoms with Gasteiger partial charge in [0.1, 0.15) is 0 Å². The average molecular weight is 194 g/mol. The topological polar surface area (TPSA) is 0 Å². The van der Waals surface area contributed by atoms with Gasteiger partial charge in [-0.25, -0.2) is 0 Å². The van der Waals surface area contributed by atoms with Crippen molar-refractivity contribution in [1.82, 2.24) is 0 Å². The molecule has 0 unspecified atom stereocenters. The third kappa shape index (κ3) is 0.797. The second kappa shape index (κ2) is 2.44. The minimum atomic E-state index is 0.667. The lowest BCUT2D eigenvalue weighted by molar-refractivity contribution is 0.294. The van der Waals surface area contributed by atoms with Gasteiger partial charge in [0, 0.05) is 11.8 Å². The highest BCUT2D eigenvalue weighted by atomic mass is 14.5. The van der Waals surface area contributed by atoms with E-state index in [9.17, 15) is 0 Å². The fraction of sp³-hybridized carbons (Fsp3) is 0.333. The summed E-state index contributed by atoms with van der Waals surface area (Å²) >= 11 is 0. The van der Waals surface area contributed by atoms with Crippen molar-refractivity contribution in [1.29, 1.82) is 0 Å². The zero-order valence-electron chi connectivity index (χ0n) is 8.85. The highest BCUT2D eigenvalue weighted by Crippen LogP contribution is 2.59. The standard InChI is InChI=1S/C15H14/c1-9-8-14-12-6-7-13(15(9)14)11-5-3-2-4-10(11)12/h2-8,12-15H,1H3/t12-,13-,14+,15+/m1/s1. The van der Waals surface area contributed by atoms with Crippen molar-refractivity contribution in [2.45, 2.75) is 18.8 Å². The Morgan fingerprint density at radius 2 is 1.60 bits per heavy atom. The molecule has 0 heterocycles. The van der Waals surface area contributed by atoms with Crippen molar-refractivity contribution in [2.75, 3.05) is 0 Å². The van der Waals surface area contributed by atoms with E-state index in [1.807, 2.05) is 0 Å². The van der Waals surface area contributed by atoms with Gasteiger partial charge < -0.3 is 0 Å². The molecule has 4 atom stereocenters. The predicted molar refractivity (Wildman–Crippen MR) is 61.8 cm³/mol. The zero-order valence-corrected chi connectivity index (χ0v) is 8.85. The summed E-state index contributed by atoms with van der Waals surface area (Å²) in [6.45, 7) is 2.29. The van der Waals surface area contributed by atoms with Crippen molar-refractivity contribution in [3.8, 4) is 0 Å². The molecule has 0 aliphatic heterocycles. The van der Waals surface area contributed by atoms with Crippen LogP contribution in [0.2, 0.25) is 0 Å². The first-order valence-electron chi connectivity index (χ1n) is 5.82. The van der Waals surface area contributed by atoms with E-state index in [2.05, 4.69) is 49.4 Å². The molecule has 0 fully saturated rings. The van der Waals surface area contributed by atoms with Crippen LogP contribution in [0.5, 0.6) is 0 Å². The van der Waals surface area contributed by atoms with E-state index in [-0.39, 0.29) is 0 Å². The Labute approximate surface area is 90.3 Å². The number of rotatable bonds is 0. The average Bonchev–Trinajstić information content (AvgIpc) is 2.27. The van der Waals surface area contributed by atoms with E-state index in [0.29, 0.717) is 11.8 Å². The van der Waals surface area contributed by atoms with Crippen LogP contribution in [0.3, 0.4) is 0 Å². The van der Waals surface area contributed by atoms with Crippen LogP contribution in [0.25, 0.3) is 0 Å². The molecule has 1 aromatic rings.